The topological polar surface area (TPSA) is 43.6 Å². The van der Waals surface area contributed by atoms with Crippen LogP contribution >= 0.6 is 0 Å². The molecular formula is C15H21NO3. The third-order valence-corrected chi connectivity index (χ3v) is 3.01. The van der Waals surface area contributed by atoms with E-state index in [1.807, 2.05) is 25.2 Å². The van der Waals surface area contributed by atoms with Crippen molar-refractivity contribution < 1.29 is 13.9 Å². The van der Waals surface area contributed by atoms with Crippen molar-refractivity contribution >= 4 is 11.0 Å². The van der Waals surface area contributed by atoms with Gasteiger partial charge in [0, 0.05) is 37.8 Å². The fraction of sp³-hybridized carbons (Fsp3) is 0.467. The first-order chi connectivity index (χ1) is 9.36. The third kappa shape index (κ3) is 3.56. The van der Waals surface area contributed by atoms with Crippen LogP contribution < -0.4 is 5.32 Å². The van der Waals surface area contributed by atoms with Crippen molar-refractivity contribution in [3.8, 4) is 0 Å². The van der Waals surface area contributed by atoms with Crippen molar-refractivity contribution in [3.63, 3.8) is 0 Å². The number of nitrogens with one attached hydrogen (secondary N) is 1. The minimum Gasteiger partial charge on any atom is -0.458 e. The van der Waals surface area contributed by atoms with Gasteiger partial charge in [-0.1, -0.05) is 18.2 Å². The lowest BCUT2D eigenvalue weighted by molar-refractivity contribution is 0.0830. The molecule has 19 heavy (non-hydrogen) atoms. The van der Waals surface area contributed by atoms with Gasteiger partial charge in [0.2, 0.25) is 0 Å². The van der Waals surface area contributed by atoms with Gasteiger partial charge in [0.05, 0.1) is 0 Å². The van der Waals surface area contributed by atoms with E-state index < -0.39 is 0 Å². The van der Waals surface area contributed by atoms with Crippen LogP contribution in [-0.4, -0.2) is 27.4 Å². The summed E-state index contributed by atoms with van der Waals surface area (Å²) >= 11 is 0. The van der Waals surface area contributed by atoms with E-state index in [0.29, 0.717) is 13.2 Å². The molecule has 0 saturated carbocycles. The number of furan rings is 1. The Kier molecular flexibility index (Phi) is 5.39. The van der Waals surface area contributed by atoms with Gasteiger partial charge in [0.25, 0.3) is 0 Å². The molecule has 0 spiro atoms. The van der Waals surface area contributed by atoms with Crippen molar-refractivity contribution in [1.82, 2.24) is 5.32 Å². The lowest BCUT2D eigenvalue weighted by atomic mass is 10.1. The summed E-state index contributed by atoms with van der Waals surface area (Å²) in [6, 6.07) is 8.08. The van der Waals surface area contributed by atoms with Crippen LogP contribution in [0.3, 0.4) is 0 Å². The first-order valence-corrected chi connectivity index (χ1v) is 6.57. The van der Waals surface area contributed by atoms with Crippen LogP contribution in [0.5, 0.6) is 0 Å². The van der Waals surface area contributed by atoms with Gasteiger partial charge in [-0.25, -0.2) is 0 Å². The summed E-state index contributed by atoms with van der Waals surface area (Å²) in [5, 5.41) is 4.34. The standard InChI is InChI=1S/C15H21NO3/c1-16-10-13-12-6-3-4-7-14(12)19-15(13)11-18-9-5-8-17-2/h3-4,6-7,16H,5,8-11H2,1-2H3. The number of benzene rings is 1. The second kappa shape index (κ2) is 7.28. The van der Waals surface area contributed by atoms with E-state index in [0.717, 1.165) is 36.3 Å². The molecule has 0 radical (unpaired) electrons. The van der Waals surface area contributed by atoms with Crippen LogP contribution in [0.1, 0.15) is 17.7 Å². The molecule has 0 aliphatic carbocycles. The Hall–Kier alpha value is -1.36. The van der Waals surface area contributed by atoms with Crippen molar-refractivity contribution in [2.24, 2.45) is 0 Å². The van der Waals surface area contributed by atoms with Crippen molar-refractivity contribution in [2.45, 2.75) is 19.6 Å². The highest BCUT2D eigenvalue weighted by Gasteiger charge is 2.12. The Morgan fingerprint density at radius 3 is 2.84 bits per heavy atom. The van der Waals surface area contributed by atoms with Gasteiger partial charge in [0.15, 0.2) is 0 Å². The average Bonchev–Trinajstić information content (AvgIpc) is 2.78. The smallest absolute Gasteiger partial charge is 0.135 e. The largest absolute Gasteiger partial charge is 0.458 e. The predicted molar refractivity (Wildman–Crippen MR) is 75.1 cm³/mol. The molecule has 1 heterocycles. The van der Waals surface area contributed by atoms with Crippen LogP contribution in [0.2, 0.25) is 0 Å². The highest BCUT2D eigenvalue weighted by Crippen LogP contribution is 2.26. The molecule has 0 bridgehead atoms. The van der Waals surface area contributed by atoms with E-state index in [1.165, 1.54) is 5.56 Å². The normalized spacial score (nSPS) is 11.3. The Labute approximate surface area is 113 Å². The summed E-state index contributed by atoms with van der Waals surface area (Å²) in [6.45, 7) is 2.70. The molecule has 2 rings (SSSR count). The summed E-state index contributed by atoms with van der Waals surface area (Å²) in [7, 11) is 3.63. The van der Waals surface area contributed by atoms with Gasteiger partial charge in [-0.15, -0.1) is 0 Å². The molecule has 1 N–H and O–H groups in total. The first-order valence-electron chi connectivity index (χ1n) is 6.57. The second-order valence-corrected chi connectivity index (χ2v) is 4.43. The summed E-state index contributed by atoms with van der Waals surface area (Å²) in [4.78, 5) is 0. The van der Waals surface area contributed by atoms with Crippen LogP contribution in [-0.2, 0) is 22.6 Å². The molecule has 1 aromatic carbocycles. The van der Waals surface area contributed by atoms with Gasteiger partial charge in [-0.05, 0) is 19.5 Å². The SMILES string of the molecule is CNCc1c(COCCCOC)oc2ccccc12. The van der Waals surface area contributed by atoms with Gasteiger partial charge >= 0.3 is 0 Å². The lowest BCUT2D eigenvalue weighted by Crippen LogP contribution is -2.07. The molecular weight excluding hydrogens is 242 g/mol. The number of para-hydroxylation sites is 1. The number of hydrogen-bond acceptors (Lipinski definition) is 4. The Morgan fingerprint density at radius 2 is 2.05 bits per heavy atom. The van der Waals surface area contributed by atoms with E-state index in [4.69, 9.17) is 13.9 Å². The third-order valence-electron chi connectivity index (χ3n) is 3.01. The maximum Gasteiger partial charge on any atom is 0.135 e. The predicted octanol–water partition coefficient (Wildman–Crippen LogP) is 2.71. The summed E-state index contributed by atoms with van der Waals surface area (Å²) in [6.07, 6.45) is 0.901. The minimum atomic E-state index is 0.509. The molecule has 0 saturated heterocycles. The molecule has 104 valence electrons. The van der Waals surface area contributed by atoms with E-state index in [1.54, 1.807) is 7.11 Å². The molecule has 4 nitrogen and oxygen atoms in total. The van der Waals surface area contributed by atoms with Gasteiger partial charge in [0.1, 0.15) is 18.0 Å². The monoisotopic (exact) mass is 263 g/mol. The van der Waals surface area contributed by atoms with Crippen LogP contribution in [0.15, 0.2) is 28.7 Å². The van der Waals surface area contributed by atoms with Gasteiger partial charge in [-0.3, -0.25) is 0 Å². The van der Waals surface area contributed by atoms with Crippen LogP contribution in [0.4, 0.5) is 0 Å². The fourth-order valence-electron chi connectivity index (χ4n) is 2.11. The molecule has 2 aromatic rings. The molecule has 0 atom stereocenters. The number of hydrogen-bond donors (Lipinski definition) is 1. The highest BCUT2D eigenvalue weighted by molar-refractivity contribution is 5.82. The molecule has 0 amide bonds. The van der Waals surface area contributed by atoms with E-state index >= 15 is 0 Å². The summed E-state index contributed by atoms with van der Waals surface area (Å²) in [5.41, 5.74) is 2.10. The molecule has 0 fully saturated rings. The number of ether oxygens (including phenoxy) is 2. The molecule has 0 aliphatic rings. The summed E-state index contributed by atoms with van der Waals surface area (Å²) in [5.74, 6) is 0.910. The summed E-state index contributed by atoms with van der Waals surface area (Å²) < 4.78 is 16.5. The molecule has 0 aliphatic heterocycles. The Morgan fingerprint density at radius 1 is 1.21 bits per heavy atom. The second-order valence-electron chi connectivity index (χ2n) is 4.43. The van der Waals surface area contributed by atoms with E-state index in [-0.39, 0.29) is 0 Å². The quantitative estimate of drug-likeness (QED) is 0.744. The lowest BCUT2D eigenvalue weighted by Gasteiger charge is -2.04. The van der Waals surface area contributed by atoms with E-state index in [2.05, 4.69) is 11.4 Å². The zero-order valence-corrected chi connectivity index (χ0v) is 11.6. The average molecular weight is 263 g/mol. The van der Waals surface area contributed by atoms with Crippen LogP contribution in [0.25, 0.3) is 11.0 Å². The number of rotatable bonds is 8. The van der Waals surface area contributed by atoms with Crippen LogP contribution in [0, 0.1) is 0 Å². The number of methoxy groups -OCH3 is 1. The van der Waals surface area contributed by atoms with Gasteiger partial charge < -0.3 is 19.2 Å². The van der Waals surface area contributed by atoms with Crippen molar-refractivity contribution in [3.05, 3.63) is 35.6 Å². The van der Waals surface area contributed by atoms with Gasteiger partial charge in [-0.2, -0.15) is 0 Å². The Balaban J connectivity index is 2.06. The van der Waals surface area contributed by atoms with Crippen molar-refractivity contribution in [2.75, 3.05) is 27.4 Å². The fourth-order valence-corrected chi connectivity index (χ4v) is 2.11. The first kappa shape index (κ1) is 14.1. The molecule has 0 unspecified atom stereocenters. The molecule has 4 heteroatoms. The van der Waals surface area contributed by atoms with E-state index in [9.17, 15) is 0 Å². The Bertz CT molecular complexity index is 507. The zero-order valence-electron chi connectivity index (χ0n) is 11.6. The van der Waals surface area contributed by atoms with Crippen molar-refractivity contribution in [1.29, 1.82) is 0 Å². The maximum absolute atomic E-state index is 5.86. The zero-order chi connectivity index (χ0) is 13.5. The number of fused-ring (bicyclic) bond motifs is 1. The molecule has 1 aromatic heterocycles. The highest BCUT2D eigenvalue weighted by atomic mass is 16.5. The minimum absolute atomic E-state index is 0.509. The maximum atomic E-state index is 5.86.